The van der Waals surface area contributed by atoms with Crippen molar-refractivity contribution in [2.24, 2.45) is 0 Å². The third kappa shape index (κ3) is 4.24. The van der Waals surface area contributed by atoms with Crippen molar-refractivity contribution in [2.45, 2.75) is 6.92 Å². The summed E-state index contributed by atoms with van der Waals surface area (Å²) in [4.78, 5) is 13.7. The van der Waals surface area contributed by atoms with Gasteiger partial charge >= 0.3 is 0 Å². The smallest absolute Gasteiger partial charge is 0.264 e. The molecule has 1 amide bonds. The molecule has 0 spiro atoms. The first-order valence-electron chi connectivity index (χ1n) is 7.27. The van der Waals surface area contributed by atoms with E-state index < -0.39 is 0 Å². The van der Waals surface area contributed by atoms with Crippen LogP contribution >= 0.6 is 0 Å². The Morgan fingerprint density at radius 3 is 2.52 bits per heavy atom. The van der Waals surface area contributed by atoms with Gasteiger partial charge < -0.3 is 14.4 Å². The van der Waals surface area contributed by atoms with Crippen LogP contribution in [0, 0.1) is 11.3 Å². The molecule has 0 saturated heterocycles. The van der Waals surface area contributed by atoms with Crippen molar-refractivity contribution in [3.05, 3.63) is 54.1 Å². The first kappa shape index (κ1) is 16.4. The molecule has 0 fully saturated rings. The Morgan fingerprint density at radius 1 is 1.13 bits per heavy atom. The fourth-order valence-electron chi connectivity index (χ4n) is 2.00. The van der Waals surface area contributed by atoms with Crippen LogP contribution in [0.1, 0.15) is 12.5 Å². The lowest BCUT2D eigenvalue weighted by molar-refractivity contribution is -0.120. The van der Waals surface area contributed by atoms with E-state index in [1.165, 1.54) is 4.90 Å². The Morgan fingerprint density at radius 2 is 1.87 bits per heavy atom. The molecule has 0 radical (unpaired) electrons. The number of para-hydroxylation sites is 1. The van der Waals surface area contributed by atoms with Crippen LogP contribution in [-0.2, 0) is 4.79 Å². The number of carbonyl (C=O) groups is 1. The maximum atomic E-state index is 12.2. The molecule has 2 aromatic rings. The molecule has 118 valence electrons. The molecule has 0 aliphatic carbocycles. The number of nitrogens with zero attached hydrogens (tertiary/aromatic N) is 2. The minimum absolute atomic E-state index is 0.114. The van der Waals surface area contributed by atoms with Gasteiger partial charge in [0.25, 0.3) is 5.91 Å². The maximum Gasteiger partial charge on any atom is 0.264 e. The molecule has 2 aromatic carbocycles. The fourth-order valence-corrected chi connectivity index (χ4v) is 2.00. The van der Waals surface area contributed by atoms with Crippen molar-refractivity contribution >= 4 is 11.6 Å². The summed E-state index contributed by atoms with van der Waals surface area (Å²) in [6.07, 6.45) is 0. The largest absolute Gasteiger partial charge is 0.490 e. The molecule has 0 bridgehead atoms. The third-order valence-corrected chi connectivity index (χ3v) is 3.24. The average molecular weight is 310 g/mol. The highest BCUT2D eigenvalue weighted by atomic mass is 16.5. The third-order valence-electron chi connectivity index (χ3n) is 3.24. The molecule has 5 nitrogen and oxygen atoms in total. The van der Waals surface area contributed by atoms with Crippen molar-refractivity contribution < 1.29 is 14.3 Å². The molecule has 0 heterocycles. The number of benzene rings is 2. The van der Waals surface area contributed by atoms with Crippen molar-refractivity contribution in [3.8, 4) is 17.6 Å². The topological polar surface area (TPSA) is 62.6 Å². The van der Waals surface area contributed by atoms with Gasteiger partial charge in [-0.1, -0.05) is 18.2 Å². The van der Waals surface area contributed by atoms with Gasteiger partial charge in [0.15, 0.2) is 18.1 Å². The Bertz CT molecular complexity index is 708. The number of carbonyl (C=O) groups excluding carboxylic acids is 1. The molecule has 0 unspecified atom stereocenters. The molecule has 0 aromatic heterocycles. The molecular formula is C18H18N2O3. The molecule has 23 heavy (non-hydrogen) atoms. The van der Waals surface area contributed by atoms with Crippen LogP contribution in [0.15, 0.2) is 48.5 Å². The average Bonchev–Trinajstić information content (AvgIpc) is 2.60. The highest BCUT2D eigenvalue weighted by Gasteiger charge is 2.13. The second-order valence-electron chi connectivity index (χ2n) is 4.78. The van der Waals surface area contributed by atoms with E-state index in [4.69, 9.17) is 14.7 Å². The summed E-state index contributed by atoms with van der Waals surface area (Å²) < 4.78 is 11.0. The van der Waals surface area contributed by atoms with Gasteiger partial charge in [-0.05, 0) is 31.2 Å². The monoisotopic (exact) mass is 310 g/mol. The number of amides is 1. The summed E-state index contributed by atoms with van der Waals surface area (Å²) in [5, 5.41) is 8.93. The van der Waals surface area contributed by atoms with Gasteiger partial charge in [-0.15, -0.1) is 0 Å². The number of hydrogen-bond donors (Lipinski definition) is 0. The van der Waals surface area contributed by atoms with E-state index in [0.29, 0.717) is 23.7 Å². The minimum atomic E-state index is -0.178. The SMILES string of the molecule is CCOc1cc(C#N)ccc1OCC(=O)N(C)c1ccccc1. The normalized spacial score (nSPS) is 9.78. The van der Waals surface area contributed by atoms with Gasteiger partial charge in [-0.3, -0.25) is 4.79 Å². The van der Waals surface area contributed by atoms with Gasteiger partial charge in [-0.2, -0.15) is 5.26 Å². The zero-order valence-corrected chi connectivity index (χ0v) is 13.2. The van der Waals surface area contributed by atoms with E-state index >= 15 is 0 Å². The van der Waals surface area contributed by atoms with Gasteiger partial charge in [0.2, 0.25) is 0 Å². The summed E-state index contributed by atoms with van der Waals surface area (Å²) in [5.74, 6) is 0.727. The summed E-state index contributed by atoms with van der Waals surface area (Å²) >= 11 is 0. The van der Waals surface area contributed by atoms with Gasteiger partial charge in [0, 0.05) is 18.8 Å². The predicted octanol–water partition coefficient (Wildman–Crippen LogP) is 3.00. The van der Waals surface area contributed by atoms with Crippen LogP contribution < -0.4 is 14.4 Å². The second-order valence-corrected chi connectivity index (χ2v) is 4.78. The highest BCUT2D eigenvalue weighted by Crippen LogP contribution is 2.28. The van der Waals surface area contributed by atoms with Crippen LogP contribution in [0.3, 0.4) is 0 Å². The number of hydrogen-bond acceptors (Lipinski definition) is 4. The molecule has 2 rings (SSSR count). The number of ether oxygens (including phenoxy) is 2. The van der Waals surface area contributed by atoms with Crippen molar-refractivity contribution in [1.29, 1.82) is 5.26 Å². The Hall–Kier alpha value is -3.00. The minimum Gasteiger partial charge on any atom is -0.490 e. The van der Waals surface area contributed by atoms with Crippen LogP contribution in [0.25, 0.3) is 0 Å². The lowest BCUT2D eigenvalue weighted by atomic mass is 10.2. The van der Waals surface area contributed by atoms with E-state index in [1.54, 1.807) is 25.2 Å². The molecule has 0 N–H and O–H groups in total. The van der Waals surface area contributed by atoms with E-state index in [2.05, 4.69) is 0 Å². The van der Waals surface area contributed by atoms with Gasteiger partial charge in [0.1, 0.15) is 0 Å². The Balaban J connectivity index is 2.05. The van der Waals surface area contributed by atoms with Gasteiger partial charge in [-0.25, -0.2) is 0 Å². The summed E-state index contributed by atoms with van der Waals surface area (Å²) in [5.41, 5.74) is 1.28. The molecule has 5 heteroatoms. The summed E-state index contributed by atoms with van der Waals surface area (Å²) in [7, 11) is 1.70. The molecule has 0 saturated carbocycles. The first-order valence-corrected chi connectivity index (χ1v) is 7.27. The number of rotatable bonds is 6. The molecule has 0 aliphatic heterocycles. The quantitative estimate of drug-likeness (QED) is 0.823. The zero-order chi connectivity index (χ0) is 16.7. The van der Waals surface area contributed by atoms with Crippen molar-refractivity contribution in [3.63, 3.8) is 0 Å². The number of nitriles is 1. The van der Waals surface area contributed by atoms with Crippen LogP contribution in [0.5, 0.6) is 11.5 Å². The fraction of sp³-hybridized carbons (Fsp3) is 0.222. The van der Waals surface area contributed by atoms with Gasteiger partial charge in [0.05, 0.1) is 18.2 Å². The van der Waals surface area contributed by atoms with E-state index in [9.17, 15) is 4.79 Å². The van der Waals surface area contributed by atoms with Crippen molar-refractivity contribution in [1.82, 2.24) is 0 Å². The number of anilines is 1. The van der Waals surface area contributed by atoms with Crippen LogP contribution in [0.4, 0.5) is 5.69 Å². The van der Waals surface area contributed by atoms with E-state index in [-0.39, 0.29) is 12.5 Å². The second kappa shape index (κ2) is 7.85. The lowest BCUT2D eigenvalue weighted by Crippen LogP contribution is -2.31. The Kier molecular flexibility index (Phi) is 5.59. The molecule has 0 aliphatic rings. The van der Waals surface area contributed by atoms with Crippen molar-refractivity contribution in [2.75, 3.05) is 25.2 Å². The summed E-state index contributed by atoms with van der Waals surface area (Å²) in [6.45, 7) is 2.18. The highest BCUT2D eigenvalue weighted by molar-refractivity contribution is 5.93. The van der Waals surface area contributed by atoms with Crippen LogP contribution in [-0.4, -0.2) is 26.2 Å². The number of likely N-dealkylation sites (N-methyl/N-ethyl adjacent to an activating group) is 1. The molecule has 0 atom stereocenters. The first-order chi connectivity index (χ1) is 11.2. The van der Waals surface area contributed by atoms with E-state index in [1.807, 2.05) is 43.3 Å². The summed E-state index contributed by atoms with van der Waals surface area (Å²) in [6, 6.07) is 16.2. The van der Waals surface area contributed by atoms with Crippen LogP contribution in [0.2, 0.25) is 0 Å². The maximum absolute atomic E-state index is 12.2. The Labute approximate surface area is 135 Å². The predicted molar refractivity (Wildman–Crippen MR) is 87.7 cm³/mol. The molecular weight excluding hydrogens is 292 g/mol. The van der Waals surface area contributed by atoms with E-state index in [0.717, 1.165) is 5.69 Å². The standard InChI is InChI=1S/C18H18N2O3/c1-3-22-17-11-14(12-19)9-10-16(17)23-13-18(21)20(2)15-7-5-4-6-8-15/h4-11H,3,13H2,1-2H3. The zero-order valence-electron chi connectivity index (χ0n) is 13.2. The lowest BCUT2D eigenvalue weighted by Gasteiger charge is -2.18.